The molecule has 0 heterocycles. The molecule has 2 amide bonds. The number of hydrogen-bond donors (Lipinski definition) is 2. The molecule has 0 aliphatic rings. The maximum absolute atomic E-state index is 13.3. The van der Waals surface area contributed by atoms with Gasteiger partial charge >= 0.3 is 6.18 Å². The van der Waals surface area contributed by atoms with Gasteiger partial charge in [0.2, 0.25) is 11.8 Å². The van der Waals surface area contributed by atoms with Crippen LogP contribution < -0.4 is 15.4 Å². The van der Waals surface area contributed by atoms with Crippen molar-refractivity contribution in [3.05, 3.63) is 89.5 Å². The number of alkyl halides is 3. The number of primary amides is 1. The van der Waals surface area contributed by atoms with E-state index in [1.165, 1.54) is 54.6 Å². The topological polar surface area (TPSA) is 110 Å². The van der Waals surface area contributed by atoms with E-state index in [2.05, 4.69) is 5.32 Å². The fraction of sp³-hybridized carbons (Fsp3) is 0.130. The summed E-state index contributed by atoms with van der Waals surface area (Å²) in [6, 6.07) is 14.9. The van der Waals surface area contributed by atoms with Crippen molar-refractivity contribution in [3.63, 3.8) is 0 Å². The standard InChI is InChI=1S/C23H20F3N3O4S/c1-15-5-11-20(12-6-15)34(32,33)29(19-4-2-3-17(13-19)23(24,25)26)14-21(30)28-18-9-7-16(8-10-18)22(27)31/h2-13H,14H2,1H3,(H2,27,31)(H,28,30). The molecule has 0 aliphatic heterocycles. The predicted octanol–water partition coefficient (Wildman–Crippen LogP) is 3.95. The Morgan fingerprint density at radius 3 is 2.15 bits per heavy atom. The van der Waals surface area contributed by atoms with Crippen LogP contribution in [0.25, 0.3) is 0 Å². The second-order valence-electron chi connectivity index (χ2n) is 7.36. The van der Waals surface area contributed by atoms with Crippen molar-refractivity contribution in [2.75, 3.05) is 16.2 Å². The number of anilines is 2. The molecule has 0 unspecified atom stereocenters. The smallest absolute Gasteiger partial charge is 0.366 e. The Morgan fingerprint density at radius 2 is 1.59 bits per heavy atom. The van der Waals surface area contributed by atoms with Crippen LogP contribution >= 0.6 is 0 Å². The normalized spacial score (nSPS) is 11.6. The zero-order valence-electron chi connectivity index (χ0n) is 17.8. The molecule has 0 aliphatic carbocycles. The lowest BCUT2D eigenvalue weighted by atomic mass is 10.2. The maximum atomic E-state index is 13.3. The first-order valence-electron chi connectivity index (χ1n) is 9.84. The van der Waals surface area contributed by atoms with Crippen LogP contribution in [-0.2, 0) is 21.0 Å². The quantitative estimate of drug-likeness (QED) is 0.522. The van der Waals surface area contributed by atoms with E-state index in [4.69, 9.17) is 5.73 Å². The predicted molar refractivity (Wildman–Crippen MR) is 121 cm³/mol. The summed E-state index contributed by atoms with van der Waals surface area (Å²) < 4.78 is 67.0. The van der Waals surface area contributed by atoms with Gasteiger partial charge in [-0.2, -0.15) is 13.2 Å². The molecule has 0 radical (unpaired) electrons. The molecule has 3 rings (SSSR count). The number of carbonyl (C=O) groups excluding carboxylic acids is 2. The van der Waals surface area contributed by atoms with Crippen molar-refractivity contribution in [1.29, 1.82) is 0 Å². The minimum atomic E-state index is -4.71. The second kappa shape index (κ2) is 9.56. The van der Waals surface area contributed by atoms with Crippen molar-refractivity contribution in [2.45, 2.75) is 18.0 Å². The van der Waals surface area contributed by atoms with Gasteiger partial charge in [0.1, 0.15) is 6.54 Å². The first kappa shape index (κ1) is 24.8. The highest BCUT2D eigenvalue weighted by molar-refractivity contribution is 7.92. The van der Waals surface area contributed by atoms with Crippen LogP contribution in [0.1, 0.15) is 21.5 Å². The molecule has 0 aromatic heterocycles. The summed E-state index contributed by atoms with van der Waals surface area (Å²) in [4.78, 5) is 23.7. The highest BCUT2D eigenvalue weighted by Crippen LogP contribution is 2.33. The highest BCUT2D eigenvalue weighted by atomic mass is 32.2. The summed E-state index contributed by atoms with van der Waals surface area (Å²) in [6.07, 6.45) is -4.71. The number of nitrogens with two attached hydrogens (primary N) is 1. The molecule has 3 aromatic carbocycles. The molecule has 3 aromatic rings. The summed E-state index contributed by atoms with van der Waals surface area (Å²) in [6.45, 7) is 0.951. The molecule has 34 heavy (non-hydrogen) atoms. The van der Waals surface area contributed by atoms with Gasteiger partial charge in [-0.25, -0.2) is 8.42 Å². The first-order valence-corrected chi connectivity index (χ1v) is 11.3. The molecule has 0 spiro atoms. The average molecular weight is 491 g/mol. The zero-order valence-corrected chi connectivity index (χ0v) is 18.7. The van der Waals surface area contributed by atoms with Crippen molar-refractivity contribution in [3.8, 4) is 0 Å². The van der Waals surface area contributed by atoms with Gasteiger partial charge in [-0.15, -0.1) is 0 Å². The Hall–Kier alpha value is -3.86. The third-order valence-corrected chi connectivity index (χ3v) is 6.60. The minimum Gasteiger partial charge on any atom is -0.366 e. The fourth-order valence-corrected chi connectivity index (χ4v) is 4.45. The number of rotatable bonds is 7. The van der Waals surface area contributed by atoms with E-state index in [-0.39, 0.29) is 21.8 Å². The van der Waals surface area contributed by atoms with E-state index in [0.29, 0.717) is 10.4 Å². The van der Waals surface area contributed by atoms with Crippen molar-refractivity contribution < 1.29 is 31.2 Å². The zero-order chi connectivity index (χ0) is 25.1. The van der Waals surface area contributed by atoms with Crippen molar-refractivity contribution in [1.82, 2.24) is 0 Å². The number of sulfonamides is 1. The number of nitrogens with one attached hydrogen (secondary N) is 1. The Labute approximate surface area is 194 Å². The van der Waals surface area contributed by atoms with Gasteiger partial charge in [0.05, 0.1) is 16.1 Å². The number of nitrogens with zero attached hydrogens (tertiary/aromatic N) is 1. The van der Waals surface area contributed by atoms with Crippen LogP contribution in [-0.4, -0.2) is 26.8 Å². The molecular formula is C23H20F3N3O4S. The molecule has 0 fully saturated rings. The SMILES string of the molecule is Cc1ccc(S(=O)(=O)N(CC(=O)Nc2ccc(C(N)=O)cc2)c2cccc(C(F)(F)F)c2)cc1. The van der Waals surface area contributed by atoms with E-state index >= 15 is 0 Å². The maximum Gasteiger partial charge on any atom is 0.416 e. The lowest BCUT2D eigenvalue weighted by Gasteiger charge is -2.25. The third-order valence-electron chi connectivity index (χ3n) is 4.81. The number of hydrogen-bond acceptors (Lipinski definition) is 4. The van der Waals surface area contributed by atoms with Crippen LogP contribution in [0.3, 0.4) is 0 Å². The summed E-state index contributed by atoms with van der Waals surface area (Å²) in [7, 11) is -4.39. The van der Waals surface area contributed by atoms with Crippen LogP contribution in [0.15, 0.2) is 77.7 Å². The molecule has 178 valence electrons. The van der Waals surface area contributed by atoms with Gasteiger partial charge in [0, 0.05) is 11.3 Å². The van der Waals surface area contributed by atoms with Gasteiger partial charge in [-0.1, -0.05) is 23.8 Å². The molecule has 0 saturated heterocycles. The van der Waals surface area contributed by atoms with Gasteiger partial charge in [0.25, 0.3) is 10.0 Å². The highest BCUT2D eigenvalue weighted by Gasteiger charge is 2.33. The van der Waals surface area contributed by atoms with Crippen LogP contribution in [0.4, 0.5) is 24.5 Å². The number of amides is 2. The largest absolute Gasteiger partial charge is 0.416 e. The Balaban J connectivity index is 1.97. The van der Waals surface area contributed by atoms with Crippen LogP contribution in [0, 0.1) is 6.92 Å². The monoisotopic (exact) mass is 491 g/mol. The molecule has 0 atom stereocenters. The number of carbonyl (C=O) groups is 2. The molecule has 0 bridgehead atoms. The molecule has 7 nitrogen and oxygen atoms in total. The molecule has 3 N–H and O–H groups in total. The van der Waals surface area contributed by atoms with Gasteiger partial charge in [-0.3, -0.25) is 13.9 Å². The number of halogens is 3. The number of aryl methyl sites for hydroxylation is 1. The van der Waals surface area contributed by atoms with Crippen LogP contribution in [0.2, 0.25) is 0 Å². The summed E-state index contributed by atoms with van der Waals surface area (Å²) in [5.74, 6) is -1.47. The lowest BCUT2D eigenvalue weighted by Crippen LogP contribution is -2.38. The van der Waals surface area contributed by atoms with E-state index in [1.54, 1.807) is 6.92 Å². The van der Waals surface area contributed by atoms with Gasteiger partial charge in [0.15, 0.2) is 0 Å². The molecule has 0 saturated carbocycles. The van der Waals surface area contributed by atoms with Crippen molar-refractivity contribution in [2.24, 2.45) is 5.73 Å². The Bertz CT molecular complexity index is 1310. The first-order chi connectivity index (χ1) is 15.9. The number of benzene rings is 3. The Kier molecular flexibility index (Phi) is 6.96. The lowest BCUT2D eigenvalue weighted by molar-refractivity contribution is -0.137. The van der Waals surface area contributed by atoms with E-state index < -0.39 is 40.1 Å². The fourth-order valence-electron chi connectivity index (χ4n) is 3.04. The molecule has 11 heteroatoms. The van der Waals surface area contributed by atoms with Gasteiger partial charge in [-0.05, 0) is 61.5 Å². The van der Waals surface area contributed by atoms with E-state index in [0.717, 1.165) is 17.7 Å². The van der Waals surface area contributed by atoms with E-state index in [1.807, 2.05) is 0 Å². The second-order valence-corrected chi connectivity index (χ2v) is 9.22. The summed E-state index contributed by atoms with van der Waals surface area (Å²) in [5, 5.41) is 2.47. The van der Waals surface area contributed by atoms with E-state index in [9.17, 15) is 31.2 Å². The summed E-state index contributed by atoms with van der Waals surface area (Å²) in [5.41, 5.74) is 5.01. The van der Waals surface area contributed by atoms with Crippen molar-refractivity contribution >= 4 is 33.2 Å². The average Bonchev–Trinajstić information content (AvgIpc) is 2.77. The Morgan fingerprint density at radius 1 is 0.971 bits per heavy atom. The molecular weight excluding hydrogens is 471 g/mol. The summed E-state index contributed by atoms with van der Waals surface area (Å²) >= 11 is 0. The minimum absolute atomic E-state index is 0.186. The van der Waals surface area contributed by atoms with Crippen LogP contribution in [0.5, 0.6) is 0 Å². The third kappa shape index (κ3) is 5.73. The van der Waals surface area contributed by atoms with Gasteiger partial charge < -0.3 is 11.1 Å².